The monoisotopic (exact) mass is 476 g/mol. The van der Waals surface area contributed by atoms with Crippen LogP contribution < -0.4 is 0 Å². The minimum atomic E-state index is -0.935. The van der Waals surface area contributed by atoms with Crippen LogP contribution in [0.2, 0.25) is 0 Å². The zero-order valence-electron chi connectivity index (χ0n) is 20.2. The molecule has 0 radical (unpaired) electrons. The fraction of sp³-hybridized carbons (Fsp3) is 0.0625. The average molecular weight is 477 g/mol. The van der Waals surface area contributed by atoms with Crippen molar-refractivity contribution in [1.82, 2.24) is 0 Å². The van der Waals surface area contributed by atoms with Gasteiger partial charge in [-0.05, 0) is 45.3 Å². The zero-order chi connectivity index (χ0) is 25.9. The van der Waals surface area contributed by atoms with E-state index in [0.29, 0.717) is 0 Å². The van der Waals surface area contributed by atoms with Crippen molar-refractivity contribution in [3.8, 4) is 0 Å². The number of esters is 1. The summed E-state index contributed by atoms with van der Waals surface area (Å²) in [6.07, 6.45) is 1.19. The maximum atomic E-state index is 11.3. The van der Waals surface area contributed by atoms with E-state index >= 15 is 0 Å². The molecule has 0 aromatic heterocycles. The molecule has 4 heteroatoms. The highest BCUT2D eigenvalue weighted by Gasteiger charge is 2.08. The Balaban J connectivity index is 0.000000187. The number of carboxylic acids is 1. The summed E-state index contributed by atoms with van der Waals surface area (Å²) < 4.78 is 5.24. The van der Waals surface area contributed by atoms with Crippen molar-refractivity contribution in [2.75, 3.05) is 0 Å². The molecule has 0 atom stereocenters. The van der Waals surface area contributed by atoms with Crippen LogP contribution in [0.25, 0.3) is 32.3 Å². The van der Waals surface area contributed by atoms with Crippen LogP contribution in [0, 0.1) is 0 Å². The molecule has 0 amide bonds. The molecule has 0 saturated carbocycles. The zero-order valence-corrected chi connectivity index (χ0v) is 20.2. The van der Waals surface area contributed by atoms with Gasteiger partial charge in [0.1, 0.15) is 6.61 Å². The average Bonchev–Trinajstić information content (AvgIpc) is 2.91. The van der Waals surface area contributed by atoms with Crippen LogP contribution in [-0.4, -0.2) is 17.0 Å². The summed E-state index contributed by atoms with van der Waals surface area (Å²) in [4.78, 5) is 20.9. The molecule has 5 aromatic rings. The first-order valence-electron chi connectivity index (χ1n) is 11.4. The van der Waals surface area contributed by atoms with Crippen LogP contribution in [-0.2, 0) is 20.9 Å². The lowest BCUT2D eigenvalue weighted by Gasteiger charge is -2.11. The normalized spacial score (nSPS) is 9.92. The van der Waals surface area contributed by atoms with Crippen LogP contribution in [0.1, 0.15) is 12.5 Å². The van der Waals surface area contributed by atoms with Gasteiger partial charge < -0.3 is 9.84 Å². The van der Waals surface area contributed by atoms with Crippen LogP contribution in [0.4, 0.5) is 0 Å². The Morgan fingerprint density at radius 1 is 0.750 bits per heavy atom. The van der Waals surface area contributed by atoms with Crippen LogP contribution in [0.15, 0.2) is 128 Å². The van der Waals surface area contributed by atoms with E-state index in [4.69, 9.17) is 9.84 Å². The molecule has 0 fully saturated rings. The summed E-state index contributed by atoms with van der Waals surface area (Å²) >= 11 is 0. The summed E-state index contributed by atoms with van der Waals surface area (Å²) in [6, 6.07) is 35.1. The first-order chi connectivity index (χ1) is 17.4. The predicted molar refractivity (Wildman–Crippen MR) is 148 cm³/mol. The third-order valence-electron chi connectivity index (χ3n) is 5.43. The lowest BCUT2D eigenvalue weighted by molar-refractivity contribution is -0.139. The lowest BCUT2D eigenvalue weighted by atomic mass is 9.97. The summed E-state index contributed by atoms with van der Waals surface area (Å²) in [5.74, 6) is -1.34. The van der Waals surface area contributed by atoms with Crippen LogP contribution in [0.5, 0.6) is 0 Å². The summed E-state index contributed by atoms with van der Waals surface area (Å²) in [7, 11) is 0. The number of hydrogen-bond acceptors (Lipinski definition) is 3. The number of fused-ring (bicyclic) bond motifs is 3. The van der Waals surface area contributed by atoms with E-state index in [1.165, 1.54) is 23.8 Å². The van der Waals surface area contributed by atoms with Crippen molar-refractivity contribution in [3.63, 3.8) is 0 Å². The molecule has 0 bridgehead atoms. The van der Waals surface area contributed by atoms with Gasteiger partial charge in [0.15, 0.2) is 0 Å². The Kier molecular flexibility index (Phi) is 9.12. The van der Waals surface area contributed by atoms with E-state index in [2.05, 4.69) is 92.0 Å². The molecule has 0 unspecified atom stereocenters. The van der Waals surface area contributed by atoms with E-state index in [1.54, 1.807) is 0 Å². The second-order valence-corrected chi connectivity index (χ2v) is 8.04. The molecule has 5 aromatic carbocycles. The third-order valence-corrected chi connectivity index (χ3v) is 5.43. The van der Waals surface area contributed by atoms with Crippen molar-refractivity contribution >= 4 is 44.3 Å². The molecule has 36 heavy (non-hydrogen) atoms. The smallest absolute Gasteiger partial charge is 0.330 e. The van der Waals surface area contributed by atoms with Crippen molar-refractivity contribution in [3.05, 3.63) is 133 Å². The van der Waals surface area contributed by atoms with Gasteiger partial charge in [-0.3, -0.25) is 0 Å². The number of carbonyl (C=O) groups is 2. The SMILES string of the molecule is C=C(C)C(=O)O.C=CC(=O)OCc1c2ccccc2cc2ccccc12.c1ccc2ccccc2c1. The quantitative estimate of drug-likeness (QED) is 0.164. The Morgan fingerprint density at radius 3 is 1.47 bits per heavy atom. The topological polar surface area (TPSA) is 63.6 Å². The minimum Gasteiger partial charge on any atom is -0.478 e. The molecule has 0 heterocycles. The molecule has 0 aliphatic rings. The lowest BCUT2D eigenvalue weighted by Crippen LogP contribution is -2.01. The Bertz CT molecular complexity index is 1400. The molecule has 1 N–H and O–H groups in total. The molecule has 180 valence electrons. The molecule has 5 rings (SSSR count). The number of benzene rings is 5. The highest BCUT2D eigenvalue weighted by atomic mass is 16.5. The van der Waals surface area contributed by atoms with Crippen molar-refractivity contribution in [2.24, 2.45) is 0 Å². The second kappa shape index (κ2) is 12.7. The van der Waals surface area contributed by atoms with E-state index in [0.717, 1.165) is 27.1 Å². The largest absolute Gasteiger partial charge is 0.478 e. The standard InChI is InChI=1S/C18H14O2.C10H8.C4H6O2/c1-2-18(19)20-12-17-15-9-5-3-7-13(15)11-14-8-4-6-10-16(14)17;1-2-6-10-8-4-3-7-9(10)5-1;1-3(2)4(5)6/h2-11H,1,12H2;1-8H;1H2,2H3,(H,5,6). The molecular weight excluding hydrogens is 448 g/mol. The Hall–Kier alpha value is -4.70. The number of carboxylic acid groups (broad SMARTS) is 1. The molecule has 0 spiro atoms. The summed E-state index contributed by atoms with van der Waals surface area (Å²) in [5, 5.41) is 15.0. The van der Waals surface area contributed by atoms with E-state index < -0.39 is 11.9 Å². The number of carbonyl (C=O) groups excluding carboxylic acids is 1. The fourth-order valence-corrected chi connectivity index (χ4v) is 3.60. The predicted octanol–water partition coefficient (Wildman–Crippen LogP) is 7.71. The number of aliphatic carboxylic acids is 1. The third kappa shape index (κ3) is 6.90. The summed E-state index contributed by atoms with van der Waals surface area (Å²) in [6.45, 7) is 8.28. The van der Waals surface area contributed by atoms with Gasteiger partial charge in [-0.25, -0.2) is 9.59 Å². The maximum Gasteiger partial charge on any atom is 0.330 e. The summed E-state index contributed by atoms with van der Waals surface area (Å²) in [5.41, 5.74) is 1.21. The molecule has 0 aliphatic carbocycles. The van der Waals surface area contributed by atoms with Crippen LogP contribution in [0.3, 0.4) is 0 Å². The maximum absolute atomic E-state index is 11.3. The number of hydrogen-bond donors (Lipinski definition) is 1. The van der Waals surface area contributed by atoms with Crippen molar-refractivity contribution < 1.29 is 19.4 Å². The van der Waals surface area contributed by atoms with Gasteiger partial charge in [-0.2, -0.15) is 0 Å². The van der Waals surface area contributed by atoms with Gasteiger partial charge in [-0.15, -0.1) is 0 Å². The first kappa shape index (κ1) is 25.9. The minimum absolute atomic E-state index is 0.176. The number of rotatable bonds is 4. The highest BCUT2D eigenvalue weighted by molar-refractivity contribution is 6.02. The van der Waals surface area contributed by atoms with E-state index in [-0.39, 0.29) is 12.2 Å². The highest BCUT2D eigenvalue weighted by Crippen LogP contribution is 2.29. The molecule has 4 nitrogen and oxygen atoms in total. The molecule has 0 saturated heterocycles. The van der Waals surface area contributed by atoms with Gasteiger partial charge in [0.05, 0.1) is 0 Å². The van der Waals surface area contributed by atoms with Crippen molar-refractivity contribution in [1.29, 1.82) is 0 Å². The number of ether oxygens (including phenoxy) is 1. The van der Waals surface area contributed by atoms with Crippen LogP contribution >= 0.6 is 0 Å². The van der Waals surface area contributed by atoms with E-state index in [9.17, 15) is 9.59 Å². The Morgan fingerprint density at radius 2 is 1.11 bits per heavy atom. The van der Waals surface area contributed by atoms with Gasteiger partial charge in [0, 0.05) is 17.2 Å². The fourth-order valence-electron chi connectivity index (χ4n) is 3.60. The molecule has 0 aliphatic heterocycles. The molecular formula is C32H28O4. The van der Waals surface area contributed by atoms with Crippen molar-refractivity contribution in [2.45, 2.75) is 13.5 Å². The Labute approximate surface area is 210 Å². The van der Waals surface area contributed by atoms with E-state index in [1.807, 2.05) is 24.3 Å². The van der Waals surface area contributed by atoms with Gasteiger partial charge >= 0.3 is 11.9 Å². The first-order valence-corrected chi connectivity index (χ1v) is 11.4. The van der Waals surface area contributed by atoms with Gasteiger partial charge in [-0.1, -0.05) is 110 Å². The van der Waals surface area contributed by atoms with Gasteiger partial charge in [0.2, 0.25) is 0 Å². The second-order valence-electron chi connectivity index (χ2n) is 8.04. The van der Waals surface area contributed by atoms with Gasteiger partial charge in [0.25, 0.3) is 0 Å².